The first-order valence-corrected chi connectivity index (χ1v) is 5.06. The number of unbranched alkanes of at least 4 members (excludes halogenated alkanes) is 1. The minimum Gasteiger partial charge on any atom is -0.392 e. The number of benzene rings is 1. The molecule has 0 fully saturated rings. The van der Waals surface area contributed by atoms with Crippen molar-refractivity contribution in [3.63, 3.8) is 0 Å². The zero-order chi connectivity index (χ0) is 10.2. The molecule has 2 nitrogen and oxygen atoms in total. The van der Waals surface area contributed by atoms with Crippen LogP contribution in [-0.2, 0) is 6.61 Å². The van der Waals surface area contributed by atoms with Gasteiger partial charge in [0.2, 0.25) is 0 Å². The van der Waals surface area contributed by atoms with Gasteiger partial charge in [0.05, 0.1) is 6.61 Å². The van der Waals surface area contributed by atoms with Crippen LogP contribution in [0.2, 0.25) is 0 Å². The van der Waals surface area contributed by atoms with E-state index in [-0.39, 0.29) is 6.61 Å². The van der Waals surface area contributed by atoms with Gasteiger partial charge in [-0.05, 0) is 17.5 Å². The molecular formula is C12H17NO. The van der Waals surface area contributed by atoms with Gasteiger partial charge in [-0.2, -0.15) is 0 Å². The number of nitrogens with zero attached hydrogens (tertiary/aromatic N) is 1. The number of hydrogen-bond donors (Lipinski definition) is 1. The molecule has 0 amide bonds. The van der Waals surface area contributed by atoms with Crippen LogP contribution in [0, 0.1) is 0 Å². The smallest absolute Gasteiger partial charge is 0.0681 e. The van der Waals surface area contributed by atoms with Gasteiger partial charge in [0.15, 0.2) is 0 Å². The maximum atomic E-state index is 8.84. The summed E-state index contributed by atoms with van der Waals surface area (Å²) in [4.78, 5) is 4.30. The lowest BCUT2D eigenvalue weighted by Gasteiger charge is -1.96. The van der Waals surface area contributed by atoms with Gasteiger partial charge in [0.1, 0.15) is 0 Å². The van der Waals surface area contributed by atoms with Crippen LogP contribution < -0.4 is 0 Å². The molecule has 0 radical (unpaired) electrons. The van der Waals surface area contributed by atoms with E-state index >= 15 is 0 Å². The number of rotatable bonds is 5. The molecule has 14 heavy (non-hydrogen) atoms. The Morgan fingerprint density at radius 2 is 2.00 bits per heavy atom. The average Bonchev–Trinajstić information content (AvgIpc) is 2.25. The van der Waals surface area contributed by atoms with E-state index in [0.717, 1.165) is 24.1 Å². The topological polar surface area (TPSA) is 32.6 Å². The van der Waals surface area contributed by atoms with Gasteiger partial charge in [0, 0.05) is 12.8 Å². The fourth-order valence-corrected chi connectivity index (χ4v) is 1.13. The van der Waals surface area contributed by atoms with E-state index in [1.807, 2.05) is 30.5 Å². The summed E-state index contributed by atoms with van der Waals surface area (Å²) in [5.41, 5.74) is 2.04. The summed E-state index contributed by atoms with van der Waals surface area (Å²) in [6.07, 6.45) is 4.21. The van der Waals surface area contributed by atoms with Crippen molar-refractivity contribution < 1.29 is 5.11 Å². The SMILES string of the molecule is CCCCN=Cc1ccc(CO)cc1. The molecule has 0 aromatic heterocycles. The largest absolute Gasteiger partial charge is 0.392 e. The van der Waals surface area contributed by atoms with Gasteiger partial charge in [-0.3, -0.25) is 4.99 Å². The number of aliphatic imine (C=N–C) groups is 1. The van der Waals surface area contributed by atoms with Crippen LogP contribution in [0.3, 0.4) is 0 Å². The Labute approximate surface area is 85.3 Å². The van der Waals surface area contributed by atoms with Crippen molar-refractivity contribution in [2.24, 2.45) is 4.99 Å². The van der Waals surface area contributed by atoms with Gasteiger partial charge in [-0.1, -0.05) is 37.6 Å². The number of hydrogen-bond acceptors (Lipinski definition) is 2. The number of aliphatic hydroxyl groups is 1. The minimum absolute atomic E-state index is 0.104. The normalized spacial score (nSPS) is 11.0. The average molecular weight is 191 g/mol. The number of aliphatic hydroxyl groups excluding tert-OH is 1. The first-order chi connectivity index (χ1) is 6.86. The summed E-state index contributed by atoms with van der Waals surface area (Å²) < 4.78 is 0. The summed E-state index contributed by atoms with van der Waals surface area (Å²) in [6, 6.07) is 7.78. The van der Waals surface area contributed by atoms with Crippen LogP contribution >= 0.6 is 0 Å². The molecule has 1 N–H and O–H groups in total. The Bertz CT molecular complexity index is 277. The van der Waals surface area contributed by atoms with Gasteiger partial charge in [-0.15, -0.1) is 0 Å². The van der Waals surface area contributed by atoms with E-state index < -0.39 is 0 Å². The Morgan fingerprint density at radius 1 is 1.29 bits per heavy atom. The van der Waals surface area contributed by atoms with Crippen molar-refractivity contribution in [3.8, 4) is 0 Å². The zero-order valence-electron chi connectivity index (χ0n) is 8.61. The van der Waals surface area contributed by atoms with E-state index in [9.17, 15) is 0 Å². The molecule has 0 bridgehead atoms. The molecule has 0 aliphatic rings. The van der Waals surface area contributed by atoms with Gasteiger partial charge >= 0.3 is 0 Å². The zero-order valence-corrected chi connectivity index (χ0v) is 8.61. The van der Waals surface area contributed by atoms with Crippen molar-refractivity contribution in [1.82, 2.24) is 0 Å². The van der Waals surface area contributed by atoms with E-state index in [2.05, 4.69) is 11.9 Å². The van der Waals surface area contributed by atoms with Crippen molar-refractivity contribution in [1.29, 1.82) is 0 Å². The Balaban J connectivity index is 2.47. The summed E-state index contributed by atoms with van der Waals surface area (Å²) in [7, 11) is 0. The molecule has 0 heterocycles. The highest BCUT2D eigenvalue weighted by molar-refractivity contribution is 5.79. The molecule has 0 saturated carbocycles. The lowest BCUT2D eigenvalue weighted by Crippen LogP contribution is -1.86. The third kappa shape index (κ3) is 3.71. The van der Waals surface area contributed by atoms with Gasteiger partial charge in [0.25, 0.3) is 0 Å². The third-order valence-corrected chi connectivity index (χ3v) is 2.04. The maximum absolute atomic E-state index is 8.84. The highest BCUT2D eigenvalue weighted by Gasteiger charge is 1.89. The molecule has 0 aliphatic carbocycles. The van der Waals surface area contributed by atoms with Gasteiger partial charge in [-0.25, -0.2) is 0 Å². The standard InChI is InChI=1S/C12H17NO/c1-2-3-8-13-9-11-4-6-12(10-14)7-5-11/h4-7,9,14H,2-3,8,10H2,1H3. The summed E-state index contributed by atoms with van der Waals surface area (Å²) in [5, 5.41) is 8.84. The third-order valence-electron chi connectivity index (χ3n) is 2.04. The highest BCUT2D eigenvalue weighted by Crippen LogP contribution is 2.02. The second kappa shape index (κ2) is 6.33. The highest BCUT2D eigenvalue weighted by atomic mass is 16.3. The second-order valence-electron chi connectivity index (χ2n) is 3.29. The van der Waals surface area contributed by atoms with Gasteiger partial charge < -0.3 is 5.11 Å². The summed E-state index contributed by atoms with van der Waals surface area (Å²) in [5.74, 6) is 0. The van der Waals surface area contributed by atoms with Crippen LogP contribution in [0.5, 0.6) is 0 Å². The lowest BCUT2D eigenvalue weighted by molar-refractivity contribution is 0.282. The van der Waals surface area contributed by atoms with Crippen LogP contribution in [0.25, 0.3) is 0 Å². The quantitative estimate of drug-likeness (QED) is 0.562. The molecule has 0 aliphatic heterocycles. The van der Waals surface area contributed by atoms with E-state index in [0.29, 0.717) is 0 Å². The lowest BCUT2D eigenvalue weighted by atomic mass is 10.1. The van der Waals surface area contributed by atoms with E-state index in [1.54, 1.807) is 0 Å². The minimum atomic E-state index is 0.104. The first kappa shape index (κ1) is 10.9. The summed E-state index contributed by atoms with van der Waals surface area (Å²) in [6.45, 7) is 3.16. The molecule has 76 valence electrons. The Morgan fingerprint density at radius 3 is 2.57 bits per heavy atom. The fraction of sp³-hybridized carbons (Fsp3) is 0.417. The maximum Gasteiger partial charge on any atom is 0.0681 e. The van der Waals surface area contributed by atoms with Crippen LogP contribution in [0.15, 0.2) is 29.3 Å². The molecular weight excluding hydrogens is 174 g/mol. The molecule has 1 aromatic rings. The molecule has 0 atom stereocenters. The predicted octanol–water partition coefficient (Wildman–Crippen LogP) is 2.40. The van der Waals surface area contributed by atoms with E-state index in [4.69, 9.17) is 5.11 Å². The molecule has 1 aromatic carbocycles. The van der Waals surface area contributed by atoms with Crippen molar-refractivity contribution in [2.45, 2.75) is 26.4 Å². The molecule has 0 saturated heterocycles. The Hall–Kier alpha value is -1.15. The molecule has 0 spiro atoms. The molecule has 1 rings (SSSR count). The second-order valence-corrected chi connectivity index (χ2v) is 3.29. The van der Waals surface area contributed by atoms with Crippen molar-refractivity contribution >= 4 is 6.21 Å². The fourth-order valence-electron chi connectivity index (χ4n) is 1.13. The predicted molar refractivity (Wildman–Crippen MR) is 59.7 cm³/mol. The van der Waals surface area contributed by atoms with Crippen LogP contribution in [0.4, 0.5) is 0 Å². The van der Waals surface area contributed by atoms with Crippen LogP contribution in [-0.4, -0.2) is 17.9 Å². The van der Waals surface area contributed by atoms with E-state index in [1.165, 1.54) is 6.42 Å². The van der Waals surface area contributed by atoms with Crippen molar-refractivity contribution in [3.05, 3.63) is 35.4 Å². The Kier molecular flexibility index (Phi) is 4.94. The van der Waals surface area contributed by atoms with Crippen LogP contribution in [0.1, 0.15) is 30.9 Å². The first-order valence-electron chi connectivity index (χ1n) is 5.06. The summed E-state index contributed by atoms with van der Waals surface area (Å²) >= 11 is 0. The van der Waals surface area contributed by atoms with Crippen molar-refractivity contribution in [2.75, 3.05) is 6.54 Å². The monoisotopic (exact) mass is 191 g/mol. The molecule has 2 heteroatoms. The molecule has 0 unspecified atom stereocenters.